The Balaban J connectivity index is -0.0000000800. The lowest BCUT2D eigenvalue weighted by molar-refractivity contribution is 0.807. The Morgan fingerprint density at radius 3 is 2.17 bits per heavy atom. The maximum atomic E-state index is 5.14. The van der Waals surface area contributed by atoms with Crippen LogP contribution >= 0.6 is 13.5 Å². The zero-order valence-corrected chi connectivity index (χ0v) is 5.20. The van der Waals surface area contributed by atoms with E-state index in [0.717, 1.165) is 6.54 Å². The fourth-order valence-electron chi connectivity index (χ4n) is 0.204. The van der Waals surface area contributed by atoms with Gasteiger partial charge in [0.25, 0.3) is 0 Å². The number of nitrogens with two attached hydrogens (primary N) is 1. The van der Waals surface area contributed by atoms with Gasteiger partial charge in [0.05, 0.1) is 0 Å². The summed E-state index contributed by atoms with van der Waals surface area (Å²) in [5, 5.41) is 0. The molecule has 0 unspecified atom stereocenters. The molecule has 2 N–H and O–H groups in total. The summed E-state index contributed by atoms with van der Waals surface area (Å²) in [4.78, 5) is 0. The molecule has 0 aromatic rings. The van der Waals surface area contributed by atoms with Crippen LogP contribution in [0.25, 0.3) is 0 Å². The van der Waals surface area contributed by atoms with Crippen LogP contribution in [0.15, 0.2) is 0 Å². The molecule has 0 heterocycles. The van der Waals surface area contributed by atoms with E-state index in [1.54, 1.807) is 0 Å². The minimum atomic E-state index is 0. The van der Waals surface area contributed by atoms with Crippen LogP contribution in [0.3, 0.4) is 0 Å². The van der Waals surface area contributed by atoms with Gasteiger partial charge in [0.2, 0.25) is 0 Å². The van der Waals surface area contributed by atoms with Crippen molar-refractivity contribution in [3.8, 4) is 0 Å². The van der Waals surface area contributed by atoms with Crippen LogP contribution in [0.1, 0.15) is 21.2 Å². The normalized spacial score (nSPS) is 7.00. The summed E-state index contributed by atoms with van der Waals surface area (Å²) in [6.07, 6.45) is 2.39. The summed E-state index contributed by atoms with van der Waals surface area (Å²) in [5.74, 6) is 0. The minimum absolute atomic E-state index is 0. The molecule has 1 nitrogen and oxygen atoms in total. The SMILES string of the molecule is CCCCN.S.[HH]. The highest BCUT2D eigenvalue weighted by Crippen LogP contribution is 1.77. The van der Waals surface area contributed by atoms with Crippen molar-refractivity contribution in [2.24, 2.45) is 5.73 Å². The van der Waals surface area contributed by atoms with Gasteiger partial charge in [-0.3, -0.25) is 0 Å². The third-order valence-corrected chi connectivity index (χ3v) is 0.558. The van der Waals surface area contributed by atoms with E-state index in [9.17, 15) is 0 Å². The van der Waals surface area contributed by atoms with Crippen molar-refractivity contribution in [2.45, 2.75) is 19.8 Å². The molecule has 0 aromatic carbocycles. The van der Waals surface area contributed by atoms with E-state index in [0.29, 0.717) is 0 Å². The van der Waals surface area contributed by atoms with Gasteiger partial charge in [-0.2, -0.15) is 13.5 Å². The van der Waals surface area contributed by atoms with Crippen LogP contribution in [0, 0.1) is 0 Å². The zero-order chi connectivity index (χ0) is 4.12. The number of hydrogen-bond acceptors (Lipinski definition) is 1. The van der Waals surface area contributed by atoms with E-state index in [4.69, 9.17) is 5.73 Å². The Morgan fingerprint density at radius 2 is 2.17 bits per heavy atom. The lowest BCUT2D eigenvalue weighted by Gasteiger charge is -1.80. The summed E-state index contributed by atoms with van der Waals surface area (Å²) in [6.45, 7) is 2.98. The van der Waals surface area contributed by atoms with Crippen LogP contribution in [0.2, 0.25) is 0 Å². The van der Waals surface area contributed by atoms with Gasteiger partial charge in [-0.25, -0.2) is 0 Å². The van der Waals surface area contributed by atoms with Gasteiger partial charge in [-0.1, -0.05) is 13.3 Å². The van der Waals surface area contributed by atoms with Crippen molar-refractivity contribution in [2.75, 3.05) is 6.54 Å². The molecular formula is C4H15NS. The Kier molecular flexibility index (Phi) is 14.4. The first-order valence-corrected chi connectivity index (χ1v) is 2.12. The van der Waals surface area contributed by atoms with Gasteiger partial charge in [-0.05, 0) is 13.0 Å². The summed E-state index contributed by atoms with van der Waals surface area (Å²) in [7, 11) is 0. The molecule has 0 aliphatic rings. The van der Waals surface area contributed by atoms with Crippen molar-refractivity contribution in [3.05, 3.63) is 0 Å². The number of rotatable bonds is 2. The van der Waals surface area contributed by atoms with Crippen molar-refractivity contribution >= 4 is 13.5 Å². The number of hydrogen-bond donors (Lipinski definition) is 1. The Morgan fingerprint density at radius 1 is 1.67 bits per heavy atom. The molecular weight excluding hydrogens is 94.1 g/mol. The highest BCUT2D eigenvalue weighted by atomic mass is 32.1. The van der Waals surface area contributed by atoms with Crippen molar-refractivity contribution in [1.29, 1.82) is 0 Å². The van der Waals surface area contributed by atoms with Crippen LogP contribution in [0.5, 0.6) is 0 Å². The monoisotopic (exact) mass is 109 g/mol. The molecule has 2 heteroatoms. The van der Waals surface area contributed by atoms with E-state index in [2.05, 4.69) is 6.92 Å². The summed E-state index contributed by atoms with van der Waals surface area (Å²) >= 11 is 0. The lowest BCUT2D eigenvalue weighted by Crippen LogP contribution is -1.95. The van der Waals surface area contributed by atoms with E-state index in [1.165, 1.54) is 12.8 Å². The third-order valence-electron chi connectivity index (χ3n) is 0.558. The van der Waals surface area contributed by atoms with Gasteiger partial charge in [0.1, 0.15) is 0 Å². The molecule has 0 aromatic heterocycles. The predicted molar refractivity (Wildman–Crippen MR) is 36.5 cm³/mol. The lowest BCUT2D eigenvalue weighted by atomic mass is 10.3. The zero-order valence-electron chi connectivity index (χ0n) is 4.20. The second-order valence-corrected chi connectivity index (χ2v) is 1.14. The molecule has 0 atom stereocenters. The fraction of sp³-hybridized carbons (Fsp3) is 1.00. The van der Waals surface area contributed by atoms with Gasteiger partial charge >= 0.3 is 0 Å². The van der Waals surface area contributed by atoms with E-state index in [-0.39, 0.29) is 14.9 Å². The maximum Gasteiger partial charge on any atom is 0 e. The Bertz CT molecular complexity index is 19.2. The number of unbranched alkanes of at least 4 members (excludes halogenated alkanes) is 1. The van der Waals surface area contributed by atoms with E-state index in [1.807, 2.05) is 0 Å². The second kappa shape index (κ2) is 9.00. The van der Waals surface area contributed by atoms with Crippen molar-refractivity contribution in [3.63, 3.8) is 0 Å². The smallest absolute Gasteiger partial charge is 0 e. The average Bonchev–Trinajstić information content (AvgIpc) is 1.41. The van der Waals surface area contributed by atoms with E-state index >= 15 is 0 Å². The Hall–Kier alpha value is 0.310. The first-order valence-electron chi connectivity index (χ1n) is 2.12. The molecule has 0 radical (unpaired) electrons. The highest BCUT2D eigenvalue weighted by Gasteiger charge is 1.67. The maximum absolute atomic E-state index is 5.14. The highest BCUT2D eigenvalue weighted by molar-refractivity contribution is 7.59. The van der Waals surface area contributed by atoms with Crippen LogP contribution in [0.4, 0.5) is 0 Å². The van der Waals surface area contributed by atoms with Gasteiger partial charge < -0.3 is 5.73 Å². The first-order chi connectivity index (χ1) is 2.41. The molecule has 0 fully saturated rings. The van der Waals surface area contributed by atoms with Crippen LogP contribution < -0.4 is 5.73 Å². The molecule has 0 bridgehead atoms. The molecule has 42 valence electrons. The largest absolute Gasteiger partial charge is 0.330 e. The van der Waals surface area contributed by atoms with Gasteiger partial charge in [0, 0.05) is 1.43 Å². The summed E-state index contributed by atoms with van der Waals surface area (Å²) in [5.41, 5.74) is 5.14. The molecule has 0 amide bonds. The summed E-state index contributed by atoms with van der Waals surface area (Å²) < 4.78 is 0. The topological polar surface area (TPSA) is 26.0 Å². The molecule has 6 heavy (non-hydrogen) atoms. The van der Waals surface area contributed by atoms with Crippen LogP contribution in [-0.2, 0) is 0 Å². The third kappa shape index (κ3) is 8.85. The first kappa shape index (κ1) is 9.58. The molecule has 0 saturated heterocycles. The molecule has 0 saturated carbocycles. The summed E-state index contributed by atoms with van der Waals surface area (Å²) in [6, 6.07) is 0. The molecule has 0 aliphatic carbocycles. The molecule has 0 aliphatic heterocycles. The molecule has 0 rings (SSSR count). The Labute approximate surface area is 47.9 Å². The van der Waals surface area contributed by atoms with Gasteiger partial charge in [-0.15, -0.1) is 0 Å². The van der Waals surface area contributed by atoms with Crippen LogP contribution in [-0.4, -0.2) is 6.54 Å². The average molecular weight is 109 g/mol. The predicted octanol–water partition coefficient (Wildman–Crippen LogP) is 1.10. The fourth-order valence-corrected chi connectivity index (χ4v) is 0.204. The van der Waals surface area contributed by atoms with E-state index < -0.39 is 0 Å². The minimum Gasteiger partial charge on any atom is -0.330 e. The van der Waals surface area contributed by atoms with Gasteiger partial charge in [0.15, 0.2) is 0 Å². The standard InChI is InChI=1S/C4H11N.H2S.H2/c1-2-3-4-5;;/h2-5H2,1H3;1H2;1H. The quantitative estimate of drug-likeness (QED) is 0.564. The van der Waals surface area contributed by atoms with Crippen molar-refractivity contribution < 1.29 is 1.43 Å². The molecule has 0 spiro atoms. The second-order valence-electron chi connectivity index (χ2n) is 1.14. The van der Waals surface area contributed by atoms with Crippen molar-refractivity contribution in [1.82, 2.24) is 0 Å².